The maximum atomic E-state index is 5.87. The molecule has 1 atom stereocenters. The van der Waals surface area contributed by atoms with E-state index in [1.54, 1.807) is 7.11 Å². The summed E-state index contributed by atoms with van der Waals surface area (Å²) in [5.41, 5.74) is 0. The average Bonchev–Trinajstić information content (AvgIpc) is 2.60. The summed E-state index contributed by atoms with van der Waals surface area (Å²) < 4.78 is 16.2. The Morgan fingerprint density at radius 1 is 1.16 bits per heavy atom. The van der Waals surface area contributed by atoms with Gasteiger partial charge in [-0.05, 0) is 44.5 Å². The first-order valence-electron chi connectivity index (χ1n) is 8.66. The van der Waals surface area contributed by atoms with Crippen LogP contribution in [0.3, 0.4) is 0 Å². The zero-order valence-electron chi connectivity index (χ0n) is 15.4. The second kappa shape index (κ2) is 13.8. The highest BCUT2D eigenvalue weighted by atomic mass is 35.5. The van der Waals surface area contributed by atoms with Crippen LogP contribution in [0.15, 0.2) is 29.3 Å². The molecule has 0 aliphatic carbocycles. The minimum absolute atomic E-state index is 0.0333. The van der Waals surface area contributed by atoms with Gasteiger partial charge in [-0.1, -0.05) is 11.6 Å². The van der Waals surface area contributed by atoms with E-state index in [1.165, 1.54) is 0 Å². The number of ether oxygens (including phenoxy) is 3. The van der Waals surface area contributed by atoms with E-state index in [1.807, 2.05) is 38.1 Å². The number of rotatable bonds is 12. The number of nitrogens with one attached hydrogen (secondary N) is 2. The number of hydrogen-bond donors (Lipinski definition) is 2. The van der Waals surface area contributed by atoms with E-state index >= 15 is 0 Å². The monoisotopic (exact) mass is 371 g/mol. The topological polar surface area (TPSA) is 64.1 Å². The Kier molecular flexibility index (Phi) is 11.9. The molecule has 0 spiro atoms. The molecule has 6 nitrogen and oxygen atoms in total. The van der Waals surface area contributed by atoms with Crippen LogP contribution in [0.1, 0.15) is 20.3 Å². The van der Waals surface area contributed by atoms with Crippen molar-refractivity contribution in [1.82, 2.24) is 10.6 Å². The van der Waals surface area contributed by atoms with Crippen molar-refractivity contribution in [2.75, 3.05) is 46.6 Å². The van der Waals surface area contributed by atoms with Crippen molar-refractivity contribution in [1.29, 1.82) is 0 Å². The van der Waals surface area contributed by atoms with Crippen molar-refractivity contribution < 1.29 is 14.2 Å². The molecule has 0 amide bonds. The van der Waals surface area contributed by atoms with Gasteiger partial charge in [0, 0.05) is 31.8 Å². The summed E-state index contributed by atoms with van der Waals surface area (Å²) in [6.07, 6.45) is 0.874. The molecule has 1 aromatic carbocycles. The second-order valence-corrected chi connectivity index (χ2v) is 5.92. The number of hydrogen-bond acceptors (Lipinski definition) is 4. The summed E-state index contributed by atoms with van der Waals surface area (Å²) in [5, 5.41) is 7.22. The van der Waals surface area contributed by atoms with Crippen LogP contribution in [0.25, 0.3) is 0 Å². The van der Waals surface area contributed by atoms with Gasteiger partial charge in [-0.15, -0.1) is 0 Å². The minimum atomic E-state index is -0.0333. The van der Waals surface area contributed by atoms with E-state index < -0.39 is 0 Å². The molecule has 0 aromatic heterocycles. The Bertz CT molecular complexity index is 483. The summed E-state index contributed by atoms with van der Waals surface area (Å²) >= 11 is 5.87. The highest BCUT2D eigenvalue weighted by Gasteiger charge is 2.04. The van der Waals surface area contributed by atoms with Crippen LogP contribution < -0.4 is 15.4 Å². The standard InChI is InChI=1S/C18H30ClN3O3/c1-4-20-18(21-10-5-11-24-13-12-23-3)22-14-15(2)25-17-8-6-16(19)7-9-17/h6-9,15H,4-5,10-14H2,1-3H3,(H2,20,21,22). The van der Waals surface area contributed by atoms with Gasteiger partial charge in [0.05, 0.1) is 19.8 Å². The third-order valence-electron chi connectivity index (χ3n) is 3.19. The molecule has 0 radical (unpaired) electrons. The van der Waals surface area contributed by atoms with Crippen LogP contribution in [0.4, 0.5) is 0 Å². The zero-order chi connectivity index (χ0) is 18.3. The van der Waals surface area contributed by atoms with E-state index in [-0.39, 0.29) is 6.10 Å². The fourth-order valence-corrected chi connectivity index (χ4v) is 2.10. The van der Waals surface area contributed by atoms with Gasteiger partial charge in [-0.2, -0.15) is 0 Å². The van der Waals surface area contributed by atoms with Gasteiger partial charge in [-0.25, -0.2) is 4.99 Å². The molecule has 0 aliphatic rings. The Balaban J connectivity index is 2.29. The molecule has 142 valence electrons. The Morgan fingerprint density at radius 2 is 1.92 bits per heavy atom. The number of guanidine groups is 1. The van der Waals surface area contributed by atoms with Crippen LogP contribution in [-0.2, 0) is 9.47 Å². The van der Waals surface area contributed by atoms with Gasteiger partial charge < -0.3 is 24.8 Å². The molecular weight excluding hydrogens is 342 g/mol. The van der Waals surface area contributed by atoms with Crippen molar-refractivity contribution in [3.63, 3.8) is 0 Å². The van der Waals surface area contributed by atoms with Gasteiger partial charge >= 0.3 is 0 Å². The lowest BCUT2D eigenvalue weighted by Crippen LogP contribution is -2.38. The summed E-state index contributed by atoms with van der Waals surface area (Å²) in [6, 6.07) is 7.34. The molecule has 7 heteroatoms. The normalized spacial score (nSPS) is 12.7. The third-order valence-corrected chi connectivity index (χ3v) is 3.44. The lowest BCUT2D eigenvalue weighted by Gasteiger charge is -2.15. The van der Waals surface area contributed by atoms with Crippen LogP contribution in [-0.4, -0.2) is 58.6 Å². The highest BCUT2D eigenvalue weighted by Crippen LogP contribution is 2.16. The van der Waals surface area contributed by atoms with Gasteiger partial charge in [-0.3, -0.25) is 0 Å². The molecule has 2 N–H and O–H groups in total. The molecule has 0 fully saturated rings. The van der Waals surface area contributed by atoms with Gasteiger partial charge in [0.25, 0.3) is 0 Å². The Morgan fingerprint density at radius 3 is 2.60 bits per heavy atom. The molecule has 1 aromatic rings. The number of nitrogens with zero attached hydrogens (tertiary/aromatic N) is 1. The molecular formula is C18H30ClN3O3. The van der Waals surface area contributed by atoms with E-state index in [0.29, 0.717) is 31.4 Å². The van der Waals surface area contributed by atoms with Crippen LogP contribution >= 0.6 is 11.6 Å². The van der Waals surface area contributed by atoms with Crippen molar-refractivity contribution in [2.24, 2.45) is 4.99 Å². The predicted octanol–water partition coefficient (Wildman–Crippen LogP) is 2.72. The number of halogens is 1. The minimum Gasteiger partial charge on any atom is -0.489 e. The van der Waals surface area contributed by atoms with Crippen molar-refractivity contribution in [3.05, 3.63) is 29.3 Å². The molecule has 1 rings (SSSR count). The molecule has 1 unspecified atom stereocenters. The highest BCUT2D eigenvalue weighted by molar-refractivity contribution is 6.30. The maximum Gasteiger partial charge on any atom is 0.191 e. The Hall–Kier alpha value is -1.50. The fourth-order valence-electron chi connectivity index (χ4n) is 1.97. The van der Waals surface area contributed by atoms with Crippen LogP contribution in [0, 0.1) is 0 Å². The molecule has 0 heterocycles. The molecule has 0 bridgehead atoms. The lowest BCUT2D eigenvalue weighted by atomic mass is 10.3. The Labute approximate surface area is 155 Å². The number of aliphatic imine (C=N–C) groups is 1. The molecule has 0 aliphatic heterocycles. The lowest BCUT2D eigenvalue weighted by molar-refractivity contribution is 0.0698. The predicted molar refractivity (Wildman–Crippen MR) is 103 cm³/mol. The first kappa shape index (κ1) is 21.5. The van der Waals surface area contributed by atoms with Crippen molar-refractivity contribution >= 4 is 17.6 Å². The van der Waals surface area contributed by atoms with E-state index in [4.69, 9.17) is 25.8 Å². The smallest absolute Gasteiger partial charge is 0.191 e. The summed E-state index contributed by atoms with van der Waals surface area (Å²) in [4.78, 5) is 4.56. The first-order chi connectivity index (χ1) is 12.2. The van der Waals surface area contributed by atoms with Crippen LogP contribution in [0.5, 0.6) is 5.75 Å². The van der Waals surface area contributed by atoms with Crippen molar-refractivity contribution in [3.8, 4) is 5.75 Å². The van der Waals surface area contributed by atoms with Crippen molar-refractivity contribution in [2.45, 2.75) is 26.4 Å². The zero-order valence-corrected chi connectivity index (χ0v) is 16.1. The second-order valence-electron chi connectivity index (χ2n) is 5.49. The largest absolute Gasteiger partial charge is 0.489 e. The van der Waals surface area contributed by atoms with E-state index in [0.717, 1.165) is 31.2 Å². The number of methoxy groups -OCH3 is 1. The fraction of sp³-hybridized carbons (Fsp3) is 0.611. The van der Waals surface area contributed by atoms with Gasteiger partial charge in [0.15, 0.2) is 5.96 Å². The van der Waals surface area contributed by atoms with Gasteiger partial charge in [0.1, 0.15) is 11.9 Å². The van der Waals surface area contributed by atoms with E-state index in [9.17, 15) is 0 Å². The summed E-state index contributed by atoms with van der Waals surface area (Å²) in [7, 11) is 1.67. The number of benzene rings is 1. The average molecular weight is 372 g/mol. The maximum absolute atomic E-state index is 5.87. The van der Waals surface area contributed by atoms with Crippen LogP contribution in [0.2, 0.25) is 5.02 Å². The quantitative estimate of drug-likeness (QED) is 0.336. The van der Waals surface area contributed by atoms with Gasteiger partial charge in [0.2, 0.25) is 0 Å². The molecule has 0 saturated heterocycles. The van der Waals surface area contributed by atoms with E-state index in [2.05, 4.69) is 15.6 Å². The first-order valence-corrected chi connectivity index (χ1v) is 9.04. The third kappa shape index (κ3) is 10.9. The summed E-state index contributed by atoms with van der Waals surface area (Å²) in [5.74, 6) is 1.57. The SMILES string of the molecule is CCNC(=NCC(C)Oc1ccc(Cl)cc1)NCCCOCCOC. The summed E-state index contributed by atoms with van der Waals surface area (Å²) in [6.45, 7) is 8.15. The molecule has 0 saturated carbocycles. The molecule has 25 heavy (non-hydrogen) atoms.